The average Bonchev–Trinajstić information content (AvgIpc) is 3.28. The summed E-state index contributed by atoms with van der Waals surface area (Å²) < 4.78 is 5.23. The van der Waals surface area contributed by atoms with Crippen molar-refractivity contribution in [3.05, 3.63) is 46.9 Å². The van der Waals surface area contributed by atoms with Gasteiger partial charge >= 0.3 is 0 Å². The van der Waals surface area contributed by atoms with Crippen molar-refractivity contribution in [2.45, 2.75) is 25.8 Å². The minimum absolute atomic E-state index is 0.268. The number of aryl methyl sites for hydroxylation is 1. The van der Waals surface area contributed by atoms with E-state index in [1.54, 1.807) is 0 Å². The van der Waals surface area contributed by atoms with E-state index in [-0.39, 0.29) is 6.04 Å². The molecular formula is C18H20ClN5O. The smallest absolute Gasteiger partial charge is 0.263 e. The van der Waals surface area contributed by atoms with Gasteiger partial charge in [-0.05, 0) is 50.6 Å². The zero-order chi connectivity index (χ0) is 17.2. The van der Waals surface area contributed by atoms with Crippen molar-refractivity contribution >= 4 is 28.5 Å². The van der Waals surface area contributed by atoms with Gasteiger partial charge in [0.2, 0.25) is 0 Å². The first kappa shape index (κ1) is 16.3. The van der Waals surface area contributed by atoms with Crippen molar-refractivity contribution in [2.24, 2.45) is 0 Å². The predicted octanol–water partition coefficient (Wildman–Crippen LogP) is 3.83. The molecule has 7 heteroatoms. The van der Waals surface area contributed by atoms with Gasteiger partial charge in [-0.15, -0.1) is 0 Å². The molecular weight excluding hydrogens is 338 g/mol. The van der Waals surface area contributed by atoms with E-state index in [1.165, 1.54) is 24.7 Å². The third-order valence-corrected chi connectivity index (χ3v) is 4.99. The van der Waals surface area contributed by atoms with Crippen LogP contribution in [0.1, 0.15) is 30.1 Å². The molecule has 1 fully saturated rings. The summed E-state index contributed by atoms with van der Waals surface area (Å²) in [5.41, 5.74) is 2.56. The van der Waals surface area contributed by atoms with Crippen molar-refractivity contribution in [1.82, 2.24) is 20.0 Å². The maximum Gasteiger partial charge on any atom is 0.263 e. The molecule has 0 amide bonds. The third-order valence-electron chi connectivity index (χ3n) is 4.74. The molecule has 25 heavy (non-hydrogen) atoms. The first-order valence-corrected chi connectivity index (χ1v) is 8.90. The highest BCUT2D eigenvalue weighted by Crippen LogP contribution is 2.28. The van der Waals surface area contributed by atoms with Gasteiger partial charge in [-0.2, -0.15) is 4.98 Å². The molecule has 6 nitrogen and oxygen atoms in total. The second-order valence-electron chi connectivity index (χ2n) is 6.36. The number of benzene rings is 1. The van der Waals surface area contributed by atoms with Crippen molar-refractivity contribution in [1.29, 1.82) is 0 Å². The van der Waals surface area contributed by atoms with Gasteiger partial charge in [-0.1, -0.05) is 28.9 Å². The zero-order valence-corrected chi connectivity index (χ0v) is 14.8. The lowest BCUT2D eigenvalue weighted by molar-refractivity contribution is 0.256. The lowest BCUT2D eigenvalue weighted by atomic mass is 10.1. The molecule has 3 aromatic rings. The fourth-order valence-corrected chi connectivity index (χ4v) is 3.57. The molecule has 1 atom stereocenters. The Kier molecular flexibility index (Phi) is 4.55. The van der Waals surface area contributed by atoms with Gasteiger partial charge in [0.05, 0.1) is 11.7 Å². The van der Waals surface area contributed by atoms with Crippen LogP contribution in [0, 0.1) is 6.92 Å². The molecule has 0 spiro atoms. The van der Waals surface area contributed by atoms with Crippen LogP contribution in [0.15, 0.2) is 35.1 Å². The summed E-state index contributed by atoms with van der Waals surface area (Å²) in [5, 5.41) is 9.07. The summed E-state index contributed by atoms with van der Waals surface area (Å²) in [6.07, 6.45) is 3.99. The Morgan fingerprint density at radius 3 is 2.72 bits per heavy atom. The molecule has 1 saturated heterocycles. The third kappa shape index (κ3) is 3.32. The van der Waals surface area contributed by atoms with Gasteiger partial charge in [0.25, 0.3) is 5.71 Å². The van der Waals surface area contributed by atoms with Crippen LogP contribution in [-0.4, -0.2) is 39.7 Å². The minimum Gasteiger partial charge on any atom is -0.367 e. The molecule has 1 N–H and O–H groups in total. The summed E-state index contributed by atoms with van der Waals surface area (Å²) >= 11 is 6.06. The second-order valence-corrected chi connectivity index (χ2v) is 6.80. The van der Waals surface area contributed by atoms with Crippen LogP contribution in [0.25, 0.3) is 11.1 Å². The Balaban J connectivity index is 1.60. The molecule has 3 heterocycles. The fraction of sp³-hybridized carbons (Fsp3) is 0.389. The van der Waals surface area contributed by atoms with Crippen molar-refractivity contribution < 1.29 is 4.52 Å². The second kappa shape index (κ2) is 6.98. The fourth-order valence-electron chi connectivity index (χ4n) is 3.45. The maximum absolute atomic E-state index is 6.06. The number of fused-ring (bicyclic) bond motifs is 1. The van der Waals surface area contributed by atoms with E-state index in [9.17, 15) is 0 Å². The highest BCUT2D eigenvalue weighted by molar-refractivity contribution is 6.30. The lowest BCUT2D eigenvalue weighted by Crippen LogP contribution is -2.31. The summed E-state index contributed by atoms with van der Waals surface area (Å²) in [6.45, 7) is 4.87. The average molecular weight is 358 g/mol. The molecule has 0 radical (unpaired) electrons. The Labute approximate surface area is 151 Å². The SMILES string of the molecule is Cc1noc2ncnc(NC[C@H](c3ccc(Cl)cc3)N3CCCC3)c12. The number of likely N-dealkylation sites (tertiary alicyclic amines) is 1. The largest absolute Gasteiger partial charge is 0.367 e. The highest BCUT2D eigenvalue weighted by atomic mass is 35.5. The number of aromatic nitrogens is 3. The van der Waals surface area contributed by atoms with E-state index >= 15 is 0 Å². The van der Waals surface area contributed by atoms with Crippen molar-refractivity contribution in [3.8, 4) is 0 Å². The van der Waals surface area contributed by atoms with Crippen LogP contribution < -0.4 is 5.32 Å². The molecule has 1 aromatic carbocycles. The van der Waals surface area contributed by atoms with E-state index in [1.807, 2.05) is 19.1 Å². The van der Waals surface area contributed by atoms with Gasteiger partial charge in [-0.25, -0.2) is 4.98 Å². The normalized spacial score (nSPS) is 16.4. The van der Waals surface area contributed by atoms with Gasteiger partial charge in [0, 0.05) is 11.6 Å². The van der Waals surface area contributed by atoms with E-state index in [0.29, 0.717) is 5.71 Å². The van der Waals surface area contributed by atoms with Gasteiger partial charge in [-0.3, -0.25) is 4.90 Å². The van der Waals surface area contributed by atoms with Crippen molar-refractivity contribution in [2.75, 3.05) is 25.0 Å². The van der Waals surface area contributed by atoms with Crippen LogP contribution in [-0.2, 0) is 0 Å². The number of anilines is 1. The first-order chi connectivity index (χ1) is 12.2. The van der Waals surface area contributed by atoms with Crippen LogP contribution in [0.2, 0.25) is 5.02 Å². The monoisotopic (exact) mass is 357 g/mol. The zero-order valence-electron chi connectivity index (χ0n) is 14.1. The summed E-state index contributed by atoms with van der Waals surface area (Å²) in [4.78, 5) is 11.0. The molecule has 0 aliphatic carbocycles. The van der Waals surface area contributed by atoms with Crippen LogP contribution in [0.3, 0.4) is 0 Å². The number of halogens is 1. The molecule has 1 aliphatic heterocycles. The van der Waals surface area contributed by atoms with Gasteiger partial charge in [0.1, 0.15) is 17.5 Å². The summed E-state index contributed by atoms with van der Waals surface area (Å²) in [6, 6.07) is 8.38. The molecule has 0 unspecified atom stereocenters. The quantitative estimate of drug-likeness (QED) is 0.748. The van der Waals surface area contributed by atoms with Gasteiger partial charge in [0.15, 0.2) is 0 Å². The number of nitrogens with one attached hydrogen (secondary N) is 1. The lowest BCUT2D eigenvalue weighted by Gasteiger charge is -2.28. The molecule has 0 bridgehead atoms. The van der Waals surface area contributed by atoms with E-state index in [0.717, 1.165) is 41.6 Å². The van der Waals surface area contributed by atoms with Crippen LogP contribution in [0.4, 0.5) is 5.82 Å². The summed E-state index contributed by atoms with van der Waals surface area (Å²) in [7, 11) is 0. The first-order valence-electron chi connectivity index (χ1n) is 8.53. The molecule has 130 valence electrons. The maximum atomic E-state index is 6.06. The Bertz CT molecular complexity index is 858. The minimum atomic E-state index is 0.268. The number of rotatable bonds is 5. The van der Waals surface area contributed by atoms with Crippen LogP contribution >= 0.6 is 11.6 Å². The molecule has 4 rings (SSSR count). The molecule has 0 saturated carbocycles. The van der Waals surface area contributed by atoms with Gasteiger partial charge < -0.3 is 9.84 Å². The highest BCUT2D eigenvalue weighted by Gasteiger charge is 2.24. The van der Waals surface area contributed by atoms with E-state index in [4.69, 9.17) is 16.1 Å². The predicted molar refractivity (Wildman–Crippen MR) is 97.8 cm³/mol. The molecule has 2 aromatic heterocycles. The standard InChI is InChI=1S/C18H20ClN5O/c1-12-16-17(21-11-22-18(16)25-23-12)20-10-15(24-8-2-3-9-24)13-4-6-14(19)7-5-13/h4-7,11,15H,2-3,8-10H2,1H3,(H,20,21,22)/t15-/m1/s1. The number of hydrogen-bond acceptors (Lipinski definition) is 6. The van der Waals surface area contributed by atoms with Crippen LogP contribution in [0.5, 0.6) is 0 Å². The van der Waals surface area contributed by atoms with Crippen molar-refractivity contribution in [3.63, 3.8) is 0 Å². The summed E-state index contributed by atoms with van der Waals surface area (Å²) in [5.74, 6) is 0.766. The van der Waals surface area contributed by atoms with E-state index in [2.05, 4.69) is 37.5 Å². The number of nitrogens with zero attached hydrogens (tertiary/aromatic N) is 4. The Morgan fingerprint density at radius 2 is 1.96 bits per heavy atom. The number of hydrogen-bond donors (Lipinski definition) is 1. The topological polar surface area (TPSA) is 67.1 Å². The Morgan fingerprint density at radius 1 is 1.20 bits per heavy atom. The Hall–Kier alpha value is -2.18. The molecule has 1 aliphatic rings. The van der Waals surface area contributed by atoms with E-state index < -0.39 is 0 Å².